The lowest BCUT2D eigenvalue weighted by atomic mass is 9.40. The third-order valence-electron chi connectivity index (χ3n) is 24.3. The standard InChI is InChI=1S/2C29H44O12/c2*1-13-22(34)23(35)24(36)25(40-13)41-15-8-19(32)28(12-30)21-17(3-5-27(28,37)9-15)29(38)6-4-16(14-7-20(33)39-11-14)26(29,2)10-18(21)31/h2*7,13,15-19,21-25,30-32,34-38H,3-6,8-12H2,1-2H3/t2*13-,15-,16+,17+,18+,19+,21+,22-,23+,24+,25-,26+,27-,28+,29-/m00/s1. The number of aliphatic hydroxyl groups is 16. The van der Waals surface area contributed by atoms with E-state index in [0.717, 1.165) is 11.1 Å². The Morgan fingerprint density at radius 3 is 1.21 bits per heavy atom. The zero-order valence-corrected chi connectivity index (χ0v) is 47.0. The molecule has 8 saturated carbocycles. The van der Waals surface area contributed by atoms with Gasteiger partial charge in [0, 0.05) is 60.5 Å². The van der Waals surface area contributed by atoms with Crippen LogP contribution < -0.4 is 0 Å². The Labute approximate surface area is 475 Å². The van der Waals surface area contributed by atoms with Crippen molar-refractivity contribution in [2.75, 3.05) is 26.4 Å². The number of carbonyl (C=O) groups excluding carboxylic acids is 2. The highest BCUT2D eigenvalue weighted by atomic mass is 16.7. The number of fused-ring (bicyclic) bond motifs is 10. The molecule has 0 unspecified atom stereocenters. The number of hydrogen-bond acceptors (Lipinski definition) is 24. The molecule has 24 heteroatoms. The maximum atomic E-state index is 12.4. The van der Waals surface area contributed by atoms with Gasteiger partial charge in [0.25, 0.3) is 0 Å². The van der Waals surface area contributed by atoms with E-state index in [1.165, 1.54) is 26.0 Å². The van der Waals surface area contributed by atoms with Crippen molar-refractivity contribution < 1.29 is 120 Å². The Kier molecular flexibility index (Phi) is 15.8. The topological polar surface area (TPSA) is 413 Å². The molecule has 4 heterocycles. The Balaban J connectivity index is 0.000000172. The zero-order chi connectivity index (χ0) is 59.4. The van der Waals surface area contributed by atoms with Gasteiger partial charge in [-0.2, -0.15) is 0 Å². The van der Waals surface area contributed by atoms with Gasteiger partial charge in [0.05, 0.1) is 95.3 Å². The molecule has 464 valence electrons. The normalized spacial score (nSPS) is 56.9. The van der Waals surface area contributed by atoms with Gasteiger partial charge in [-0.3, -0.25) is 0 Å². The molecule has 10 fully saturated rings. The third-order valence-corrected chi connectivity index (χ3v) is 24.3. The summed E-state index contributed by atoms with van der Waals surface area (Å²) in [6.07, 6.45) is -13.4. The fourth-order valence-corrected chi connectivity index (χ4v) is 20.2. The Bertz CT molecular complexity index is 2330. The summed E-state index contributed by atoms with van der Waals surface area (Å²) in [7, 11) is 0. The molecule has 12 rings (SSSR count). The van der Waals surface area contributed by atoms with Crippen LogP contribution in [0.5, 0.6) is 0 Å². The van der Waals surface area contributed by atoms with Gasteiger partial charge in [-0.25, -0.2) is 9.59 Å². The Hall–Kier alpha value is -2.38. The molecule has 2 saturated heterocycles. The summed E-state index contributed by atoms with van der Waals surface area (Å²) < 4.78 is 33.3. The summed E-state index contributed by atoms with van der Waals surface area (Å²) in [4.78, 5) is 23.6. The molecule has 0 aromatic rings. The molecule has 0 spiro atoms. The van der Waals surface area contributed by atoms with E-state index < -0.39 is 191 Å². The van der Waals surface area contributed by atoms with Crippen LogP contribution in [0.1, 0.15) is 118 Å². The minimum absolute atomic E-state index is 0.0369. The number of ether oxygens (including phenoxy) is 6. The average molecular weight is 1170 g/mol. The summed E-state index contributed by atoms with van der Waals surface area (Å²) in [6, 6.07) is 0. The summed E-state index contributed by atoms with van der Waals surface area (Å²) in [6.45, 7) is 6.01. The minimum Gasteiger partial charge on any atom is -0.458 e. The average Bonchev–Trinajstić information content (AvgIpc) is 4.21. The van der Waals surface area contributed by atoms with Crippen molar-refractivity contribution >= 4 is 11.9 Å². The van der Waals surface area contributed by atoms with Crippen molar-refractivity contribution in [1.29, 1.82) is 0 Å². The molecule has 12 aliphatic rings. The zero-order valence-electron chi connectivity index (χ0n) is 47.0. The van der Waals surface area contributed by atoms with Crippen molar-refractivity contribution in [3.8, 4) is 0 Å². The van der Waals surface area contributed by atoms with E-state index in [2.05, 4.69) is 0 Å². The van der Waals surface area contributed by atoms with Gasteiger partial charge in [0.15, 0.2) is 12.6 Å². The number of rotatable bonds is 8. The Morgan fingerprint density at radius 1 is 0.512 bits per heavy atom. The minimum atomic E-state index is -1.67. The van der Waals surface area contributed by atoms with Crippen LogP contribution in [0.4, 0.5) is 0 Å². The lowest BCUT2D eigenvalue weighted by molar-refractivity contribution is -0.342. The molecule has 24 nitrogen and oxygen atoms in total. The van der Waals surface area contributed by atoms with Crippen molar-refractivity contribution in [1.82, 2.24) is 0 Å². The summed E-state index contributed by atoms with van der Waals surface area (Å²) in [5, 5.41) is 179. The molecule has 8 aliphatic carbocycles. The second-order valence-electron chi connectivity index (χ2n) is 27.7. The van der Waals surface area contributed by atoms with Crippen molar-refractivity contribution in [3.63, 3.8) is 0 Å². The molecule has 16 N–H and O–H groups in total. The molecule has 0 aromatic carbocycles. The molecule has 0 aromatic heterocycles. The van der Waals surface area contributed by atoms with Crippen LogP contribution in [0.25, 0.3) is 0 Å². The highest BCUT2D eigenvalue weighted by molar-refractivity contribution is 5.86. The van der Waals surface area contributed by atoms with Crippen LogP contribution in [-0.4, -0.2) is 241 Å². The summed E-state index contributed by atoms with van der Waals surface area (Å²) in [5.74, 6) is -3.86. The van der Waals surface area contributed by atoms with Crippen molar-refractivity contribution in [3.05, 3.63) is 23.3 Å². The number of aliphatic hydroxyl groups excluding tert-OH is 12. The van der Waals surface area contributed by atoms with E-state index in [1.54, 1.807) is 0 Å². The first-order valence-electron chi connectivity index (χ1n) is 29.7. The summed E-state index contributed by atoms with van der Waals surface area (Å²) >= 11 is 0. The summed E-state index contributed by atoms with van der Waals surface area (Å²) in [5.41, 5.74) is -8.92. The monoisotopic (exact) mass is 1170 g/mol. The van der Waals surface area contributed by atoms with Gasteiger partial charge in [0.1, 0.15) is 49.8 Å². The molecule has 0 bridgehead atoms. The Morgan fingerprint density at radius 2 is 0.878 bits per heavy atom. The number of carbonyl (C=O) groups is 2. The van der Waals surface area contributed by atoms with Crippen molar-refractivity contribution in [2.45, 2.75) is 238 Å². The van der Waals surface area contributed by atoms with Gasteiger partial charge in [0.2, 0.25) is 0 Å². The number of cyclic esters (lactones) is 2. The fraction of sp³-hybridized carbons (Fsp3) is 0.897. The third kappa shape index (κ3) is 8.64. The van der Waals surface area contributed by atoms with Gasteiger partial charge in [-0.05, 0) is 113 Å². The molecule has 4 aliphatic heterocycles. The first-order valence-corrected chi connectivity index (χ1v) is 29.7. The van der Waals surface area contributed by atoms with E-state index in [-0.39, 0.29) is 76.4 Å². The van der Waals surface area contributed by atoms with E-state index in [1.807, 2.05) is 13.8 Å². The van der Waals surface area contributed by atoms with Crippen molar-refractivity contribution in [2.24, 2.45) is 57.2 Å². The lowest BCUT2D eigenvalue weighted by Gasteiger charge is -2.68. The van der Waals surface area contributed by atoms with Crippen LogP contribution in [0.2, 0.25) is 0 Å². The number of hydrogen-bond donors (Lipinski definition) is 16. The van der Waals surface area contributed by atoms with E-state index in [9.17, 15) is 91.3 Å². The highest BCUT2D eigenvalue weighted by Crippen LogP contribution is 2.73. The van der Waals surface area contributed by atoms with Crippen LogP contribution in [0.15, 0.2) is 23.3 Å². The molecule has 0 radical (unpaired) electrons. The molecule has 0 amide bonds. The second-order valence-corrected chi connectivity index (χ2v) is 27.7. The van der Waals surface area contributed by atoms with Crippen LogP contribution in [0.3, 0.4) is 0 Å². The second kappa shape index (κ2) is 21.2. The van der Waals surface area contributed by atoms with E-state index >= 15 is 0 Å². The molecule has 30 atom stereocenters. The highest BCUT2D eigenvalue weighted by Gasteiger charge is 2.77. The van der Waals surface area contributed by atoms with Gasteiger partial charge in [-0.15, -0.1) is 0 Å². The maximum absolute atomic E-state index is 12.4. The van der Waals surface area contributed by atoms with Gasteiger partial charge < -0.3 is 110 Å². The first-order chi connectivity index (χ1) is 38.4. The van der Waals surface area contributed by atoms with Crippen LogP contribution in [0, 0.1) is 57.2 Å². The molecule has 82 heavy (non-hydrogen) atoms. The SMILES string of the molecule is C[C@@H]1O[C@@H](O[C@H]2C[C@@H](O)[C@]3(CO)[C@H]4[C@H](O)C[C@]5(C)[C@@H](C6=CC(=O)OC6)CC[C@]5(O)[C@@H]4CC[C@]3(O)C2)[C@H](O)[C@H](O)[C@H]1O.C[C@@H]1O[C@@H](O[C@H]2C[C@@H](O)[C@]3(CO)[C@H]4[C@H](O)C[C@]5(C)[C@@H](C6=CC(=O)OC6)CC[C@]5(O)[C@@H]4CC[C@]3(O)C2)[C@H](O)[C@H](O)[C@H]1O. The molecular weight excluding hydrogens is 1080 g/mol. The number of esters is 2. The predicted molar refractivity (Wildman–Crippen MR) is 277 cm³/mol. The molecular formula is C58H88O24. The smallest absolute Gasteiger partial charge is 0.331 e. The van der Waals surface area contributed by atoms with Crippen LogP contribution in [-0.2, 0) is 38.0 Å². The van der Waals surface area contributed by atoms with Gasteiger partial charge in [-0.1, -0.05) is 13.8 Å². The van der Waals surface area contributed by atoms with Crippen LogP contribution >= 0.6 is 0 Å². The first kappa shape index (κ1) is 61.3. The largest absolute Gasteiger partial charge is 0.458 e. The van der Waals surface area contributed by atoms with E-state index in [0.29, 0.717) is 38.5 Å². The van der Waals surface area contributed by atoms with E-state index in [4.69, 9.17) is 28.4 Å². The maximum Gasteiger partial charge on any atom is 0.331 e. The predicted octanol–water partition coefficient (Wildman–Crippen LogP) is -3.03. The quantitative estimate of drug-likeness (QED) is 0.0849. The lowest BCUT2D eigenvalue weighted by Crippen LogP contribution is -2.76. The fourth-order valence-electron chi connectivity index (χ4n) is 20.2. The van der Waals surface area contributed by atoms with Gasteiger partial charge >= 0.3 is 11.9 Å².